The molecule has 2 heterocycles. The summed E-state index contributed by atoms with van der Waals surface area (Å²) in [6.45, 7) is 2.56. The van der Waals surface area contributed by atoms with Gasteiger partial charge < -0.3 is 14.6 Å². The largest absolute Gasteiger partial charge is 0.378 e. The fourth-order valence-electron chi connectivity index (χ4n) is 2.43. The fraction of sp³-hybridized carbons (Fsp3) is 0.727. The number of nitrogens with one attached hydrogen (secondary N) is 1. The number of morpholine rings is 1. The molecule has 1 saturated heterocycles. The summed E-state index contributed by atoms with van der Waals surface area (Å²) in [6.07, 6.45) is 4.38. The molecule has 1 atom stereocenters. The van der Waals surface area contributed by atoms with Gasteiger partial charge in [-0.15, -0.1) is 0 Å². The first-order chi connectivity index (χ1) is 7.43. The van der Waals surface area contributed by atoms with Gasteiger partial charge in [0.1, 0.15) is 5.76 Å². The standard InChI is InChI=1S/C11H16N2O2/c1-2-9-10(3-1)13-15-11(9)6-8-7-14-5-4-12-8/h8,12H,1-7H2. The van der Waals surface area contributed by atoms with Gasteiger partial charge in [0.05, 0.1) is 18.9 Å². The van der Waals surface area contributed by atoms with E-state index in [0.29, 0.717) is 6.04 Å². The quantitative estimate of drug-likeness (QED) is 0.777. The third-order valence-electron chi connectivity index (χ3n) is 3.22. The van der Waals surface area contributed by atoms with Crippen LogP contribution in [0.5, 0.6) is 0 Å². The van der Waals surface area contributed by atoms with Gasteiger partial charge in [-0.05, 0) is 19.3 Å². The van der Waals surface area contributed by atoms with Crippen LogP contribution in [0.15, 0.2) is 4.52 Å². The summed E-state index contributed by atoms with van der Waals surface area (Å²) in [7, 11) is 0. The first-order valence-electron chi connectivity index (χ1n) is 5.71. The van der Waals surface area contributed by atoms with Crippen LogP contribution in [0.25, 0.3) is 0 Å². The number of fused-ring (bicyclic) bond motifs is 1. The summed E-state index contributed by atoms with van der Waals surface area (Å²) in [6, 6.07) is 0.399. The molecule has 4 nitrogen and oxygen atoms in total. The summed E-state index contributed by atoms with van der Waals surface area (Å²) in [4.78, 5) is 0. The van der Waals surface area contributed by atoms with Crippen LogP contribution < -0.4 is 5.32 Å². The number of ether oxygens (including phenoxy) is 1. The second-order valence-electron chi connectivity index (χ2n) is 4.31. The van der Waals surface area contributed by atoms with Gasteiger partial charge in [0, 0.05) is 24.6 Å². The molecule has 0 radical (unpaired) electrons. The summed E-state index contributed by atoms with van der Waals surface area (Å²) >= 11 is 0. The predicted octanol–water partition coefficient (Wildman–Crippen LogP) is 0.694. The Bertz CT molecular complexity index is 342. The van der Waals surface area contributed by atoms with E-state index in [9.17, 15) is 0 Å². The van der Waals surface area contributed by atoms with Gasteiger partial charge in [0.25, 0.3) is 0 Å². The third-order valence-corrected chi connectivity index (χ3v) is 3.22. The lowest BCUT2D eigenvalue weighted by atomic mass is 10.1. The lowest BCUT2D eigenvalue weighted by Gasteiger charge is -2.22. The SMILES string of the molecule is C1Cc2noc(CC3COCCN3)c2C1. The maximum absolute atomic E-state index is 5.43. The van der Waals surface area contributed by atoms with E-state index in [0.717, 1.165) is 44.8 Å². The second-order valence-corrected chi connectivity index (χ2v) is 4.31. The van der Waals surface area contributed by atoms with E-state index in [1.54, 1.807) is 0 Å². The van der Waals surface area contributed by atoms with Gasteiger partial charge in [-0.1, -0.05) is 5.16 Å². The first-order valence-corrected chi connectivity index (χ1v) is 5.71. The zero-order valence-electron chi connectivity index (χ0n) is 8.79. The Morgan fingerprint density at radius 1 is 1.40 bits per heavy atom. The number of hydrogen-bond acceptors (Lipinski definition) is 4. The minimum atomic E-state index is 0.399. The van der Waals surface area contributed by atoms with Crippen molar-refractivity contribution in [2.75, 3.05) is 19.8 Å². The Labute approximate surface area is 89.0 Å². The van der Waals surface area contributed by atoms with Crippen molar-refractivity contribution in [1.82, 2.24) is 10.5 Å². The van der Waals surface area contributed by atoms with E-state index >= 15 is 0 Å². The molecule has 0 saturated carbocycles. The third kappa shape index (κ3) is 1.79. The molecule has 82 valence electrons. The molecular weight excluding hydrogens is 192 g/mol. The lowest BCUT2D eigenvalue weighted by molar-refractivity contribution is 0.0747. The van der Waals surface area contributed by atoms with E-state index in [1.807, 2.05) is 0 Å². The molecule has 0 aromatic carbocycles. The molecule has 0 spiro atoms. The minimum absolute atomic E-state index is 0.399. The van der Waals surface area contributed by atoms with Gasteiger partial charge in [-0.25, -0.2) is 0 Å². The van der Waals surface area contributed by atoms with Crippen molar-refractivity contribution in [3.05, 3.63) is 17.0 Å². The maximum Gasteiger partial charge on any atom is 0.141 e. The maximum atomic E-state index is 5.43. The van der Waals surface area contributed by atoms with Crippen LogP contribution in [0.2, 0.25) is 0 Å². The molecule has 1 unspecified atom stereocenters. The lowest BCUT2D eigenvalue weighted by Crippen LogP contribution is -2.42. The summed E-state index contributed by atoms with van der Waals surface area (Å²) in [5.41, 5.74) is 2.55. The summed E-state index contributed by atoms with van der Waals surface area (Å²) < 4.78 is 10.8. The van der Waals surface area contributed by atoms with Crippen molar-refractivity contribution >= 4 is 0 Å². The molecule has 3 rings (SSSR count). The normalized spacial score (nSPS) is 25.5. The molecule has 15 heavy (non-hydrogen) atoms. The van der Waals surface area contributed by atoms with Crippen LogP contribution in [-0.4, -0.2) is 31.0 Å². The van der Waals surface area contributed by atoms with Crippen molar-refractivity contribution in [2.45, 2.75) is 31.7 Å². The molecule has 1 aromatic heterocycles. The molecule has 0 bridgehead atoms. The highest BCUT2D eigenvalue weighted by Crippen LogP contribution is 2.25. The second kappa shape index (κ2) is 3.94. The van der Waals surface area contributed by atoms with Crippen molar-refractivity contribution in [3.8, 4) is 0 Å². The molecule has 1 fully saturated rings. The molecule has 4 heteroatoms. The molecule has 0 amide bonds. The zero-order valence-corrected chi connectivity index (χ0v) is 8.79. The zero-order chi connectivity index (χ0) is 10.1. The Hall–Kier alpha value is -0.870. The highest BCUT2D eigenvalue weighted by Gasteiger charge is 2.24. The van der Waals surface area contributed by atoms with Crippen LogP contribution >= 0.6 is 0 Å². The van der Waals surface area contributed by atoms with Gasteiger partial charge in [-0.2, -0.15) is 0 Å². The number of aromatic nitrogens is 1. The Balaban J connectivity index is 1.70. The molecule has 1 aromatic rings. The summed E-state index contributed by atoms with van der Waals surface area (Å²) in [5.74, 6) is 1.07. The average molecular weight is 208 g/mol. The van der Waals surface area contributed by atoms with Crippen LogP contribution in [0.3, 0.4) is 0 Å². The Morgan fingerprint density at radius 3 is 3.27 bits per heavy atom. The summed E-state index contributed by atoms with van der Waals surface area (Å²) in [5, 5.41) is 7.55. The van der Waals surface area contributed by atoms with Gasteiger partial charge in [0.2, 0.25) is 0 Å². The fourth-order valence-corrected chi connectivity index (χ4v) is 2.43. The molecule has 1 N–H and O–H groups in total. The number of aryl methyl sites for hydroxylation is 1. The average Bonchev–Trinajstić information content (AvgIpc) is 2.85. The van der Waals surface area contributed by atoms with Crippen LogP contribution in [0, 0.1) is 0 Å². The van der Waals surface area contributed by atoms with Gasteiger partial charge in [-0.3, -0.25) is 0 Å². The Kier molecular flexibility index (Phi) is 2.46. The molecule has 1 aliphatic carbocycles. The topological polar surface area (TPSA) is 47.3 Å². The van der Waals surface area contributed by atoms with E-state index in [-0.39, 0.29) is 0 Å². The van der Waals surface area contributed by atoms with Gasteiger partial charge in [0.15, 0.2) is 0 Å². The molecule has 2 aliphatic rings. The van der Waals surface area contributed by atoms with Crippen molar-refractivity contribution in [2.24, 2.45) is 0 Å². The van der Waals surface area contributed by atoms with Crippen LogP contribution in [-0.2, 0) is 24.0 Å². The van der Waals surface area contributed by atoms with Crippen molar-refractivity contribution in [1.29, 1.82) is 0 Å². The van der Waals surface area contributed by atoms with Gasteiger partial charge >= 0.3 is 0 Å². The number of hydrogen-bond donors (Lipinski definition) is 1. The highest BCUT2D eigenvalue weighted by molar-refractivity contribution is 5.27. The molecule has 1 aliphatic heterocycles. The van der Waals surface area contributed by atoms with Crippen LogP contribution in [0.1, 0.15) is 23.4 Å². The van der Waals surface area contributed by atoms with E-state index < -0.39 is 0 Å². The van der Waals surface area contributed by atoms with Crippen molar-refractivity contribution in [3.63, 3.8) is 0 Å². The smallest absolute Gasteiger partial charge is 0.141 e. The minimum Gasteiger partial charge on any atom is -0.378 e. The Morgan fingerprint density at radius 2 is 2.40 bits per heavy atom. The highest BCUT2D eigenvalue weighted by atomic mass is 16.5. The van der Waals surface area contributed by atoms with E-state index in [1.165, 1.54) is 17.7 Å². The van der Waals surface area contributed by atoms with E-state index in [4.69, 9.17) is 9.26 Å². The van der Waals surface area contributed by atoms with E-state index in [2.05, 4.69) is 10.5 Å². The van der Waals surface area contributed by atoms with Crippen LogP contribution in [0.4, 0.5) is 0 Å². The first kappa shape index (κ1) is 9.36. The monoisotopic (exact) mass is 208 g/mol. The number of rotatable bonds is 2. The van der Waals surface area contributed by atoms with Crippen molar-refractivity contribution < 1.29 is 9.26 Å². The molecular formula is C11H16N2O2. The predicted molar refractivity (Wildman–Crippen MR) is 54.8 cm³/mol. The number of nitrogens with zero attached hydrogens (tertiary/aromatic N) is 1.